The van der Waals surface area contributed by atoms with E-state index in [1.807, 2.05) is 16.8 Å². The van der Waals surface area contributed by atoms with E-state index in [4.69, 9.17) is 11.6 Å². The van der Waals surface area contributed by atoms with E-state index in [1.165, 1.54) is 10.4 Å². The van der Waals surface area contributed by atoms with E-state index >= 15 is 0 Å². The summed E-state index contributed by atoms with van der Waals surface area (Å²) in [5.41, 5.74) is 1.88. The van der Waals surface area contributed by atoms with Gasteiger partial charge in [-0.15, -0.1) is 11.3 Å². The molecule has 0 unspecified atom stereocenters. The van der Waals surface area contributed by atoms with Gasteiger partial charge in [0, 0.05) is 41.5 Å². The number of hydrogen-bond acceptors (Lipinski definition) is 3. The fourth-order valence-electron chi connectivity index (χ4n) is 3.28. The van der Waals surface area contributed by atoms with Crippen LogP contribution in [0.2, 0.25) is 5.02 Å². The van der Waals surface area contributed by atoms with Gasteiger partial charge >= 0.3 is 0 Å². The van der Waals surface area contributed by atoms with Crippen LogP contribution in [-0.2, 0) is 11.3 Å². The van der Waals surface area contributed by atoms with Crippen molar-refractivity contribution >= 4 is 34.8 Å². The topological polar surface area (TPSA) is 40.6 Å². The number of rotatable bonds is 4. The second-order valence-electron chi connectivity index (χ2n) is 6.79. The molecule has 1 saturated heterocycles. The van der Waals surface area contributed by atoms with Gasteiger partial charge in [0.05, 0.1) is 6.54 Å². The van der Waals surface area contributed by atoms with Crippen LogP contribution in [-0.4, -0.2) is 41.8 Å². The van der Waals surface area contributed by atoms with Crippen molar-refractivity contribution in [3.05, 3.63) is 56.7 Å². The molecule has 2 amide bonds. The molecular weight excluding hydrogens is 368 g/mol. The van der Waals surface area contributed by atoms with Gasteiger partial charge < -0.3 is 9.80 Å². The van der Waals surface area contributed by atoms with Crippen LogP contribution in [0.15, 0.2) is 35.7 Å². The zero-order valence-corrected chi connectivity index (χ0v) is 16.6. The molecule has 0 radical (unpaired) electrons. The van der Waals surface area contributed by atoms with E-state index in [0.29, 0.717) is 43.1 Å². The molecule has 1 aliphatic heterocycles. The van der Waals surface area contributed by atoms with Crippen LogP contribution in [0.3, 0.4) is 0 Å². The van der Waals surface area contributed by atoms with Crippen LogP contribution in [0, 0.1) is 12.8 Å². The summed E-state index contributed by atoms with van der Waals surface area (Å²) in [6, 6.07) is 9.04. The smallest absolute Gasteiger partial charge is 0.253 e. The molecule has 2 heterocycles. The first-order valence-electron chi connectivity index (χ1n) is 8.78. The number of amides is 2. The summed E-state index contributed by atoms with van der Waals surface area (Å²) < 4.78 is 0. The lowest BCUT2D eigenvalue weighted by molar-refractivity contribution is -0.136. The number of carbonyl (C=O) groups excluding carboxylic acids is 2. The first-order valence-corrected chi connectivity index (χ1v) is 10.0. The molecule has 4 nitrogen and oxygen atoms in total. The molecule has 0 aliphatic carbocycles. The maximum absolute atomic E-state index is 12.7. The zero-order valence-electron chi connectivity index (χ0n) is 15.1. The van der Waals surface area contributed by atoms with Crippen molar-refractivity contribution in [3.8, 4) is 0 Å². The van der Waals surface area contributed by atoms with Gasteiger partial charge in [0.2, 0.25) is 5.91 Å². The lowest BCUT2D eigenvalue weighted by Crippen LogP contribution is -2.43. The number of nitrogens with zero attached hydrogens (tertiary/aromatic N) is 2. The third-order valence-corrected chi connectivity index (χ3v) is 6.21. The van der Waals surface area contributed by atoms with E-state index in [-0.39, 0.29) is 17.7 Å². The first-order chi connectivity index (χ1) is 12.5. The molecule has 6 heteroatoms. The van der Waals surface area contributed by atoms with E-state index < -0.39 is 0 Å². The molecule has 1 fully saturated rings. The molecule has 1 aromatic carbocycles. The lowest BCUT2D eigenvalue weighted by atomic mass is 9.95. The summed E-state index contributed by atoms with van der Waals surface area (Å²) in [4.78, 5) is 30.2. The molecule has 1 aliphatic rings. The highest BCUT2D eigenvalue weighted by Gasteiger charge is 2.29. The van der Waals surface area contributed by atoms with Crippen LogP contribution in [0.5, 0.6) is 0 Å². The predicted octanol–water partition coefficient (Wildman–Crippen LogP) is 4.22. The number of thiophene rings is 1. The number of carbonyl (C=O) groups is 2. The monoisotopic (exact) mass is 390 g/mol. The summed E-state index contributed by atoms with van der Waals surface area (Å²) in [7, 11) is 1.87. The van der Waals surface area contributed by atoms with Gasteiger partial charge in [-0.25, -0.2) is 0 Å². The molecule has 138 valence electrons. The van der Waals surface area contributed by atoms with Crippen LogP contribution in [0.1, 0.15) is 33.6 Å². The van der Waals surface area contributed by atoms with Crippen molar-refractivity contribution in [1.29, 1.82) is 0 Å². The van der Waals surface area contributed by atoms with Gasteiger partial charge in [-0.05, 0) is 61.0 Å². The predicted molar refractivity (Wildman–Crippen MR) is 106 cm³/mol. The fourth-order valence-corrected chi connectivity index (χ4v) is 4.36. The zero-order chi connectivity index (χ0) is 18.7. The summed E-state index contributed by atoms with van der Waals surface area (Å²) in [5.74, 6) is 0.182. The molecule has 0 bridgehead atoms. The largest absolute Gasteiger partial charge is 0.340 e. The minimum atomic E-state index is -0.00506. The Morgan fingerprint density at radius 2 is 1.85 bits per heavy atom. The lowest BCUT2D eigenvalue weighted by Gasteiger charge is -2.33. The summed E-state index contributed by atoms with van der Waals surface area (Å²) in [6.45, 7) is 3.96. The minimum absolute atomic E-state index is 0.00506. The highest BCUT2D eigenvalue weighted by Crippen LogP contribution is 2.23. The van der Waals surface area contributed by atoms with E-state index in [1.54, 1.807) is 35.6 Å². The number of benzene rings is 1. The Labute approximate surface area is 163 Å². The van der Waals surface area contributed by atoms with Crippen LogP contribution < -0.4 is 0 Å². The van der Waals surface area contributed by atoms with Gasteiger partial charge in [0.1, 0.15) is 0 Å². The number of likely N-dealkylation sites (tertiary alicyclic amines) is 1. The first kappa shape index (κ1) is 18.9. The van der Waals surface area contributed by atoms with Gasteiger partial charge in [-0.3, -0.25) is 9.59 Å². The Kier molecular flexibility index (Phi) is 5.99. The standard InChI is InChI=1S/C20H23ClN2O2S/c1-14-9-12-26-18(14)13-22(2)19(24)16-7-10-23(11-8-16)20(25)15-3-5-17(21)6-4-15/h3-6,9,12,16H,7-8,10-11,13H2,1-2H3. The van der Waals surface area contributed by atoms with Crippen LogP contribution in [0.4, 0.5) is 0 Å². The molecule has 26 heavy (non-hydrogen) atoms. The summed E-state index contributed by atoms with van der Waals surface area (Å²) in [5, 5.41) is 2.68. The third-order valence-electron chi connectivity index (χ3n) is 4.95. The van der Waals surface area contributed by atoms with Gasteiger partial charge in [-0.2, -0.15) is 0 Å². The second-order valence-corrected chi connectivity index (χ2v) is 8.23. The van der Waals surface area contributed by atoms with Gasteiger partial charge in [-0.1, -0.05) is 11.6 Å². The maximum atomic E-state index is 12.7. The number of halogens is 1. The Hall–Kier alpha value is -1.85. The molecule has 0 saturated carbocycles. The SMILES string of the molecule is Cc1ccsc1CN(C)C(=O)C1CCN(C(=O)c2ccc(Cl)cc2)CC1. The van der Waals surface area contributed by atoms with Crippen molar-refractivity contribution in [2.45, 2.75) is 26.3 Å². The quantitative estimate of drug-likeness (QED) is 0.784. The van der Waals surface area contributed by atoms with Crippen molar-refractivity contribution in [3.63, 3.8) is 0 Å². The summed E-state index contributed by atoms with van der Waals surface area (Å²) in [6.07, 6.45) is 1.43. The Morgan fingerprint density at radius 1 is 1.19 bits per heavy atom. The molecule has 2 aromatic rings. The van der Waals surface area contributed by atoms with Crippen molar-refractivity contribution in [2.24, 2.45) is 5.92 Å². The third kappa shape index (κ3) is 4.27. The normalized spacial score (nSPS) is 15.1. The fraction of sp³-hybridized carbons (Fsp3) is 0.400. The maximum Gasteiger partial charge on any atom is 0.253 e. The van der Waals surface area contributed by atoms with E-state index in [0.717, 1.165) is 0 Å². The van der Waals surface area contributed by atoms with Crippen molar-refractivity contribution in [1.82, 2.24) is 9.80 Å². The van der Waals surface area contributed by atoms with Crippen LogP contribution in [0.25, 0.3) is 0 Å². The highest BCUT2D eigenvalue weighted by molar-refractivity contribution is 7.10. The summed E-state index contributed by atoms with van der Waals surface area (Å²) >= 11 is 7.57. The Morgan fingerprint density at radius 3 is 2.42 bits per heavy atom. The average Bonchev–Trinajstić information content (AvgIpc) is 3.06. The molecule has 0 spiro atoms. The second kappa shape index (κ2) is 8.23. The Bertz CT molecular complexity index is 779. The molecule has 1 aromatic heterocycles. The number of aryl methyl sites for hydroxylation is 1. The number of hydrogen-bond donors (Lipinski definition) is 0. The van der Waals surface area contributed by atoms with Gasteiger partial charge in [0.15, 0.2) is 0 Å². The van der Waals surface area contributed by atoms with E-state index in [9.17, 15) is 9.59 Å². The molecule has 0 N–H and O–H groups in total. The Balaban J connectivity index is 1.54. The van der Waals surface area contributed by atoms with E-state index in [2.05, 4.69) is 18.4 Å². The molecular formula is C20H23ClN2O2S. The van der Waals surface area contributed by atoms with Gasteiger partial charge in [0.25, 0.3) is 5.91 Å². The highest BCUT2D eigenvalue weighted by atomic mass is 35.5. The minimum Gasteiger partial charge on any atom is -0.340 e. The van der Waals surface area contributed by atoms with Crippen LogP contribution >= 0.6 is 22.9 Å². The van der Waals surface area contributed by atoms with Crippen molar-refractivity contribution < 1.29 is 9.59 Å². The molecule has 0 atom stereocenters. The van der Waals surface area contributed by atoms with Crippen molar-refractivity contribution in [2.75, 3.05) is 20.1 Å². The average molecular weight is 391 g/mol. The molecule has 3 rings (SSSR count). The number of piperidine rings is 1.